The van der Waals surface area contributed by atoms with E-state index in [2.05, 4.69) is 5.32 Å². The van der Waals surface area contributed by atoms with E-state index in [-0.39, 0.29) is 5.91 Å². The Labute approximate surface area is 69.8 Å². The molecule has 0 aliphatic carbocycles. The summed E-state index contributed by atoms with van der Waals surface area (Å²) in [6.07, 6.45) is 0.875. The molecule has 0 aliphatic heterocycles. The fraction of sp³-hybridized carbons (Fsp3) is 0.875. The summed E-state index contributed by atoms with van der Waals surface area (Å²) in [7, 11) is 1.60. The van der Waals surface area contributed by atoms with Crippen molar-refractivity contribution in [3.8, 4) is 0 Å². The van der Waals surface area contributed by atoms with Crippen LogP contribution in [0.1, 0.15) is 34.1 Å². The Bertz CT molecular complexity index is 63.1. The Balaban J connectivity index is -0.0000000965. The maximum Gasteiger partial charge on any atom is 0.216 e. The van der Waals surface area contributed by atoms with Crippen LogP contribution in [0.15, 0.2) is 0 Å². The van der Waals surface area contributed by atoms with Crippen molar-refractivity contribution in [2.24, 2.45) is 0 Å². The highest BCUT2D eigenvalue weighted by molar-refractivity contribution is 5.72. The Hall–Kier alpha value is -0.570. The third-order valence-electron chi connectivity index (χ3n) is 0.576. The molecule has 0 bridgehead atoms. The molecule has 0 spiro atoms. The molecule has 11 heavy (non-hydrogen) atoms. The number of hydrogen-bond donors (Lipinski definition) is 2. The highest BCUT2D eigenvalue weighted by Gasteiger charge is 1.72. The Morgan fingerprint density at radius 3 is 1.64 bits per heavy atom. The molecule has 0 aliphatic rings. The summed E-state index contributed by atoms with van der Waals surface area (Å²) in [6, 6.07) is 0. The van der Waals surface area contributed by atoms with Gasteiger partial charge in [-0.15, -0.1) is 0 Å². The van der Waals surface area contributed by atoms with E-state index in [0.29, 0.717) is 6.61 Å². The maximum atomic E-state index is 9.70. The lowest BCUT2D eigenvalue weighted by Crippen LogP contribution is -2.11. The smallest absolute Gasteiger partial charge is 0.216 e. The summed E-state index contributed by atoms with van der Waals surface area (Å²) in [5.74, 6) is 0.00463. The molecule has 1 amide bonds. The van der Waals surface area contributed by atoms with Gasteiger partial charge in [-0.05, 0) is 6.42 Å². The molecule has 0 aromatic rings. The van der Waals surface area contributed by atoms with Crippen LogP contribution in [0.25, 0.3) is 0 Å². The van der Waals surface area contributed by atoms with Crippen molar-refractivity contribution in [1.29, 1.82) is 0 Å². The molecule has 0 radical (unpaired) electrons. The van der Waals surface area contributed by atoms with Gasteiger partial charge in [-0.2, -0.15) is 0 Å². The second-order valence-corrected chi connectivity index (χ2v) is 1.53. The topological polar surface area (TPSA) is 49.3 Å². The third-order valence-corrected chi connectivity index (χ3v) is 0.576. The minimum absolute atomic E-state index is 0.00463. The highest BCUT2D eigenvalue weighted by Crippen LogP contribution is 1.61. The molecule has 0 aromatic carbocycles. The second kappa shape index (κ2) is 22.7. The lowest BCUT2D eigenvalue weighted by atomic mass is 10.5. The number of rotatable bonds is 1. The average Bonchev–Trinajstić information content (AvgIpc) is 2.08. The monoisotopic (exact) mass is 163 g/mol. The molecular weight excluding hydrogens is 142 g/mol. The van der Waals surface area contributed by atoms with E-state index in [1.165, 1.54) is 6.92 Å². The van der Waals surface area contributed by atoms with Gasteiger partial charge in [0.1, 0.15) is 0 Å². The van der Waals surface area contributed by atoms with Gasteiger partial charge in [-0.25, -0.2) is 0 Å². The molecule has 0 atom stereocenters. The number of aliphatic hydroxyl groups excluding tert-OH is 1. The Kier molecular flexibility index (Phi) is 34.7. The van der Waals surface area contributed by atoms with Crippen LogP contribution in [-0.4, -0.2) is 24.7 Å². The van der Waals surface area contributed by atoms with Crippen LogP contribution in [0.2, 0.25) is 0 Å². The summed E-state index contributed by atoms with van der Waals surface area (Å²) in [5, 5.41) is 10.3. The van der Waals surface area contributed by atoms with Crippen molar-refractivity contribution < 1.29 is 9.90 Å². The number of hydrogen-bond acceptors (Lipinski definition) is 2. The summed E-state index contributed by atoms with van der Waals surface area (Å²) >= 11 is 0. The van der Waals surface area contributed by atoms with Crippen molar-refractivity contribution >= 4 is 5.91 Å². The van der Waals surface area contributed by atoms with Crippen LogP contribution in [0.3, 0.4) is 0 Å². The molecule has 0 heterocycles. The first kappa shape index (κ1) is 16.8. The van der Waals surface area contributed by atoms with Crippen LogP contribution < -0.4 is 5.32 Å². The zero-order valence-corrected chi connectivity index (χ0v) is 8.27. The number of amides is 1. The first-order valence-electron chi connectivity index (χ1n) is 3.98. The van der Waals surface area contributed by atoms with Crippen LogP contribution >= 0.6 is 0 Å². The van der Waals surface area contributed by atoms with E-state index in [9.17, 15) is 4.79 Å². The fourth-order valence-corrected chi connectivity index (χ4v) is 0. The van der Waals surface area contributed by atoms with Crippen LogP contribution in [0.4, 0.5) is 0 Å². The van der Waals surface area contributed by atoms with Gasteiger partial charge in [0.05, 0.1) is 0 Å². The predicted molar refractivity (Wildman–Crippen MR) is 48.5 cm³/mol. The quantitative estimate of drug-likeness (QED) is 0.609. The van der Waals surface area contributed by atoms with E-state index >= 15 is 0 Å². The lowest BCUT2D eigenvalue weighted by Gasteiger charge is -1.80. The average molecular weight is 163 g/mol. The summed E-state index contributed by atoms with van der Waals surface area (Å²) in [4.78, 5) is 9.70. The highest BCUT2D eigenvalue weighted by atomic mass is 16.2. The molecule has 0 fully saturated rings. The molecule has 0 saturated heterocycles. The molecule has 3 heteroatoms. The van der Waals surface area contributed by atoms with E-state index in [1.54, 1.807) is 7.05 Å². The number of carbonyl (C=O) groups is 1. The zero-order valence-electron chi connectivity index (χ0n) is 8.27. The second-order valence-electron chi connectivity index (χ2n) is 1.53. The van der Waals surface area contributed by atoms with Gasteiger partial charge in [0, 0.05) is 20.6 Å². The van der Waals surface area contributed by atoms with Gasteiger partial charge in [0.25, 0.3) is 0 Å². The number of carbonyl (C=O) groups excluding carboxylic acids is 1. The fourth-order valence-electron chi connectivity index (χ4n) is 0. The van der Waals surface area contributed by atoms with Crippen molar-refractivity contribution in [2.75, 3.05) is 13.7 Å². The van der Waals surface area contributed by atoms with Crippen LogP contribution in [0.5, 0.6) is 0 Å². The SMILES string of the molecule is CC.CCCO.CNC(C)=O. The maximum absolute atomic E-state index is 9.70. The van der Waals surface area contributed by atoms with Gasteiger partial charge in [-0.3, -0.25) is 4.79 Å². The first-order chi connectivity index (χ1) is 5.18. The molecule has 2 N–H and O–H groups in total. The normalized spacial score (nSPS) is 6.36. The Morgan fingerprint density at radius 2 is 1.64 bits per heavy atom. The van der Waals surface area contributed by atoms with E-state index in [4.69, 9.17) is 5.11 Å². The molecule has 0 saturated carbocycles. The molecule has 3 nitrogen and oxygen atoms in total. The van der Waals surface area contributed by atoms with Crippen LogP contribution in [-0.2, 0) is 4.79 Å². The van der Waals surface area contributed by atoms with Gasteiger partial charge in [0.15, 0.2) is 0 Å². The minimum Gasteiger partial charge on any atom is -0.396 e. The van der Waals surface area contributed by atoms with Crippen molar-refractivity contribution in [2.45, 2.75) is 34.1 Å². The van der Waals surface area contributed by atoms with Crippen molar-refractivity contribution in [3.63, 3.8) is 0 Å². The van der Waals surface area contributed by atoms with Crippen LogP contribution in [0, 0.1) is 0 Å². The summed E-state index contributed by atoms with van der Waals surface area (Å²) in [6.45, 7) is 7.72. The van der Waals surface area contributed by atoms with Crippen molar-refractivity contribution in [1.82, 2.24) is 5.32 Å². The minimum atomic E-state index is 0.00463. The van der Waals surface area contributed by atoms with E-state index < -0.39 is 0 Å². The largest absolute Gasteiger partial charge is 0.396 e. The van der Waals surface area contributed by atoms with Gasteiger partial charge >= 0.3 is 0 Å². The van der Waals surface area contributed by atoms with E-state index in [1.807, 2.05) is 20.8 Å². The van der Waals surface area contributed by atoms with E-state index in [0.717, 1.165) is 6.42 Å². The molecular formula is C8H21NO2. The van der Waals surface area contributed by atoms with Gasteiger partial charge in [0.2, 0.25) is 5.91 Å². The van der Waals surface area contributed by atoms with Gasteiger partial charge in [-0.1, -0.05) is 20.8 Å². The first-order valence-corrected chi connectivity index (χ1v) is 3.98. The molecule has 0 unspecified atom stereocenters. The standard InChI is InChI=1S/C3H7NO.C3H8O.C2H6/c1-3(5)4-2;1-2-3-4;1-2/h1-2H3,(H,4,5);4H,2-3H2,1H3;1-2H3. The summed E-state index contributed by atoms with van der Waals surface area (Å²) < 4.78 is 0. The number of nitrogens with one attached hydrogen (secondary N) is 1. The molecule has 0 rings (SSSR count). The van der Waals surface area contributed by atoms with Gasteiger partial charge < -0.3 is 10.4 Å². The predicted octanol–water partition coefficient (Wildman–Crippen LogP) is 1.17. The molecule has 70 valence electrons. The Morgan fingerprint density at radius 1 is 1.45 bits per heavy atom. The summed E-state index contributed by atoms with van der Waals surface area (Å²) in [5.41, 5.74) is 0. The lowest BCUT2D eigenvalue weighted by molar-refractivity contribution is -0.118. The third kappa shape index (κ3) is 88.2. The van der Waals surface area contributed by atoms with Crippen molar-refractivity contribution in [3.05, 3.63) is 0 Å². The number of aliphatic hydroxyl groups is 1. The zero-order chi connectivity index (χ0) is 9.70. The molecule has 0 aromatic heterocycles.